The van der Waals surface area contributed by atoms with Gasteiger partial charge in [-0.25, -0.2) is 18.3 Å². The first-order valence-electron chi connectivity index (χ1n) is 3.88. The topological polar surface area (TPSA) is 30.2 Å². The molecule has 0 saturated carbocycles. The van der Waals surface area contributed by atoms with Crippen LogP contribution in [0.3, 0.4) is 0 Å². The maximum Gasteiger partial charge on any atom is 0.267 e. The Balaban J connectivity index is 0.00000112. The average Bonchev–Trinajstić information content (AvgIpc) is 2.42. The average molecular weight is 299 g/mol. The molecule has 0 aromatic carbocycles. The van der Waals surface area contributed by atoms with E-state index < -0.39 is 6.43 Å². The zero-order valence-corrected chi connectivity index (χ0v) is 10.1. The van der Waals surface area contributed by atoms with Crippen LogP contribution in [0.15, 0.2) is 12.3 Å². The van der Waals surface area contributed by atoms with Gasteiger partial charge in [-0.2, -0.15) is 5.10 Å². The lowest BCUT2D eigenvalue weighted by molar-refractivity contribution is 0.152. The maximum absolute atomic E-state index is 12.5. The predicted molar refractivity (Wildman–Crippen MR) is 58.0 cm³/mol. The molecule has 0 amide bonds. The fourth-order valence-electron chi connectivity index (χ4n) is 1.24. The molecule has 0 fully saturated rings. The smallest absolute Gasteiger partial charge is 0.232 e. The van der Waals surface area contributed by atoms with Crippen LogP contribution in [0.1, 0.15) is 17.7 Å². The largest absolute Gasteiger partial charge is 0.267 e. The molecule has 0 bridgehead atoms. The summed E-state index contributed by atoms with van der Waals surface area (Å²) in [4.78, 5) is 3.94. The van der Waals surface area contributed by atoms with Gasteiger partial charge >= 0.3 is 0 Å². The summed E-state index contributed by atoms with van der Waals surface area (Å²) in [5.41, 5.74) is 0.585. The number of fused-ring (bicyclic) bond motifs is 1. The van der Waals surface area contributed by atoms with Crippen molar-refractivity contribution in [2.75, 3.05) is 0 Å². The van der Waals surface area contributed by atoms with Crippen LogP contribution in [0.4, 0.5) is 8.78 Å². The van der Waals surface area contributed by atoms with Crippen LogP contribution in [0.5, 0.6) is 0 Å². The zero-order chi connectivity index (χ0) is 10.3. The van der Waals surface area contributed by atoms with E-state index in [2.05, 4.69) is 10.1 Å². The van der Waals surface area contributed by atoms with Crippen LogP contribution < -0.4 is 0 Å². The maximum atomic E-state index is 12.5. The highest BCUT2D eigenvalue weighted by atomic mass is 79.9. The lowest BCUT2D eigenvalue weighted by Crippen LogP contribution is -1.97. The summed E-state index contributed by atoms with van der Waals surface area (Å²) >= 11 is 5.58. The van der Waals surface area contributed by atoms with Gasteiger partial charge in [-0.15, -0.1) is 17.0 Å². The monoisotopic (exact) mass is 297 g/mol. The molecule has 0 N–H and O–H groups in total. The van der Waals surface area contributed by atoms with Crippen LogP contribution in [0, 0.1) is 6.92 Å². The Kier molecular flexibility index (Phi) is 3.62. The standard InChI is InChI=1S/C8H6ClF2N3.BrH/c1-4-3-14-8(12-4)5(7(10)11)2-6(9)13-14;/h2-3,7H,1H3;1H. The van der Waals surface area contributed by atoms with Crippen molar-refractivity contribution in [3.05, 3.63) is 28.7 Å². The van der Waals surface area contributed by atoms with E-state index in [-0.39, 0.29) is 33.3 Å². The Morgan fingerprint density at radius 1 is 1.47 bits per heavy atom. The number of rotatable bonds is 1. The number of alkyl halides is 2. The molecule has 0 saturated heterocycles. The van der Waals surface area contributed by atoms with E-state index in [1.165, 1.54) is 4.52 Å². The first kappa shape index (κ1) is 12.3. The summed E-state index contributed by atoms with van der Waals surface area (Å²) in [6, 6.07) is 1.13. The van der Waals surface area contributed by atoms with Gasteiger partial charge in [0.15, 0.2) is 10.8 Å². The van der Waals surface area contributed by atoms with E-state index in [0.717, 1.165) is 6.07 Å². The quantitative estimate of drug-likeness (QED) is 0.809. The highest BCUT2D eigenvalue weighted by Gasteiger charge is 2.15. The summed E-state index contributed by atoms with van der Waals surface area (Å²) in [6.45, 7) is 1.71. The molecule has 3 nitrogen and oxygen atoms in total. The molecule has 82 valence electrons. The molecular weight excluding hydrogens is 291 g/mol. The predicted octanol–water partition coefficient (Wildman–Crippen LogP) is 3.21. The third-order valence-corrected chi connectivity index (χ3v) is 1.96. The summed E-state index contributed by atoms with van der Waals surface area (Å²) in [7, 11) is 0. The number of imidazole rings is 1. The van der Waals surface area contributed by atoms with Gasteiger partial charge in [0.1, 0.15) is 0 Å². The second-order valence-corrected chi connectivity index (χ2v) is 3.26. The van der Waals surface area contributed by atoms with E-state index in [0.29, 0.717) is 5.69 Å². The molecule has 0 unspecified atom stereocenters. The third kappa shape index (κ3) is 2.26. The van der Waals surface area contributed by atoms with Crippen molar-refractivity contribution in [2.24, 2.45) is 0 Å². The molecule has 2 aromatic heterocycles. The Morgan fingerprint density at radius 3 is 2.73 bits per heavy atom. The van der Waals surface area contributed by atoms with Crippen molar-refractivity contribution in [1.82, 2.24) is 14.6 Å². The first-order valence-corrected chi connectivity index (χ1v) is 4.26. The molecule has 2 heterocycles. The van der Waals surface area contributed by atoms with E-state index in [4.69, 9.17) is 11.6 Å². The molecule has 15 heavy (non-hydrogen) atoms. The normalized spacial score (nSPS) is 10.7. The highest BCUT2D eigenvalue weighted by Crippen LogP contribution is 2.24. The molecule has 2 aromatic rings. The Morgan fingerprint density at radius 2 is 2.13 bits per heavy atom. The van der Waals surface area contributed by atoms with Crippen LogP contribution >= 0.6 is 28.6 Å². The van der Waals surface area contributed by atoms with Crippen molar-refractivity contribution in [2.45, 2.75) is 13.3 Å². The summed E-state index contributed by atoms with van der Waals surface area (Å²) in [6.07, 6.45) is -1.05. The Bertz CT molecular complexity index is 486. The Labute approximate surface area is 99.8 Å². The zero-order valence-electron chi connectivity index (χ0n) is 7.62. The SMILES string of the molecule is Br.Cc1cn2nc(Cl)cc(C(F)F)c2n1. The molecular formula is C8H7BrClF2N3. The molecule has 7 heteroatoms. The molecule has 0 atom stereocenters. The molecule has 0 spiro atoms. The molecule has 0 aliphatic heterocycles. The van der Waals surface area contributed by atoms with Crippen LogP contribution in [-0.2, 0) is 0 Å². The van der Waals surface area contributed by atoms with E-state index in [1.54, 1.807) is 13.1 Å². The van der Waals surface area contributed by atoms with Gasteiger partial charge in [0.25, 0.3) is 6.43 Å². The number of nitrogens with zero attached hydrogens (tertiary/aromatic N) is 3. The number of aromatic nitrogens is 3. The minimum Gasteiger partial charge on any atom is -0.232 e. The van der Waals surface area contributed by atoms with E-state index in [1.807, 2.05) is 0 Å². The van der Waals surface area contributed by atoms with Gasteiger partial charge in [0, 0.05) is 0 Å². The van der Waals surface area contributed by atoms with Crippen molar-refractivity contribution in [3.63, 3.8) is 0 Å². The van der Waals surface area contributed by atoms with Crippen LogP contribution in [0.2, 0.25) is 5.15 Å². The summed E-state index contributed by atoms with van der Waals surface area (Å²) < 4.78 is 26.4. The van der Waals surface area contributed by atoms with Gasteiger partial charge in [-0.1, -0.05) is 11.6 Å². The first-order chi connectivity index (χ1) is 6.58. The molecule has 2 rings (SSSR count). The number of hydrogen-bond acceptors (Lipinski definition) is 2. The summed E-state index contributed by atoms with van der Waals surface area (Å²) in [5.74, 6) is 0. The summed E-state index contributed by atoms with van der Waals surface area (Å²) in [5, 5.41) is 3.86. The van der Waals surface area contributed by atoms with Gasteiger partial charge in [-0.3, -0.25) is 0 Å². The van der Waals surface area contributed by atoms with Crippen LogP contribution in [-0.4, -0.2) is 14.6 Å². The molecule has 0 aliphatic rings. The fraction of sp³-hybridized carbons (Fsp3) is 0.250. The van der Waals surface area contributed by atoms with Crippen molar-refractivity contribution in [1.29, 1.82) is 0 Å². The van der Waals surface area contributed by atoms with Crippen molar-refractivity contribution < 1.29 is 8.78 Å². The van der Waals surface area contributed by atoms with Crippen molar-refractivity contribution in [3.8, 4) is 0 Å². The second kappa shape index (κ2) is 4.40. The van der Waals surface area contributed by atoms with Gasteiger partial charge in [0.2, 0.25) is 0 Å². The van der Waals surface area contributed by atoms with Crippen LogP contribution in [0.25, 0.3) is 5.65 Å². The van der Waals surface area contributed by atoms with Crippen molar-refractivity contribution >= 4 is 34.2 Å². The lowest BCUT2D eigenvalue weighted by Gasteiger charge is -2.01. The lowest BCUT2D eigenvalue weighted by atomic mass is 10.3. The number of hydrogen-bond donors (Lipinski definition) is 0. The third-order valence-electron chi connectivity index (χ3n) is 1.78. The van der Waals surface area contributed by atoms with Gasteiger partial charge in [0.05, 0.1) is 17.5 Å². The number of halogens is 4. The second-order valence-electron chi connectivity index (χ2n) is 2.87. The fourth-order valence-corrected chi connectivity index (χ4v) is 1.44. The highest BCUT2D eigenvalue weighted by molar-refractivity contribution is 8.93. The minimum atomic E-state index is -2.60. The van der Waals surface area contributed by atoms with E-state index >= 15 is 0 Å². The van der Waals surface area contributed by atoms with Gasteiger partial charge in [-0.05, 0) is 13.0 Å². The molecule has 0 radical (unpaired) electrons. The van der Waals surface area contributed by atoms with E-state index in [9.17, 15) is 8.78 Å². The number of aryl methyl sites for hydroxylation is 1. The molecule has 0 aliphatic carbocycles. The Hall–Kier alpha value is -0.750. The van der Waals surface area contributed by atoms with Gasteiger partial charge < -0.3 is 0 Å². The minimum absolute atomic E-state index is 0.